The molecule has 0 aromatic carbocycles. The normalized spacial score (nSPS) is 20.6. The highest BCUT2D eigenvalue weighted by atomic mass is 16.6. The van der Waals surface area contributed by atoms with Crippen LogP contribution < -0.4 is 0 Å². The number of hydrogen-bond acceptors (Lipinski definition) is 5. The topological polar surface area (TPSA) is 54.4 Å². The van der Waals surface area contributed by atoms with Crippen molar-refractivity contribution in [1.82, 2.24) is 9.80 Å². The van der Waals surface area contributed by atoms with Crippen LogP contribution in [0.3, 0.4) is 0 Å². The number of rotatable bonds is 3. The van der Waals surface area contributed by atoms with Gasteiger partial charge in [0.15, 0.2) is 5.88 Å². The van der Waals surface area contributed by atoms with Gasteiger partial charge in [0.25, 0.3) is 0 Å². The van der Waals surface area contributed by atoms with Gasteiger partial charge < -0.3 is 14.4 Å². The van der Waals surface area contributed by atoms with Crippen molar-refractivity contribution in [2.45, 2.75) is 72.1 Å². The minimum atomic E-state index is -0.551. The van der Waals surface area contributed by atoms with Crippen molar-refractivity contribution in [1.29, 1.82) is 0 Å². The summed E-state index contributed by atoms with van der Waals surface area (Å²) in [6.07, 6.45) is 2.43. The largest absolute Gasteiger partial charge is 0.474 e. The summed E-state index contributed by atoms with van der Waals surface area (Å²) in [5.74, 6) is 1.33. The van der Waals surface area contributed by atoms with Crippen molar-refractivity contribution in [3.05, 3.63) is 24.1 Å². The van der Waals surface area contributed by atoms with E-state index in [0.717, 1.165) is 18.5 Å². The molecule has 2 aliphatic heterocycles. The summed E-state index contributed by atoms with van der Waals surface area (Å²) < 4.78 is 11.5. The molecule has 0 saturated carbocycles. The first-order valence-corrected chi connectivity index (χ1v) is 9.22. The van der Waals surface area contributed by atoms with Crippen LogP contribution in [-0.4, -0.2) is 58.6 Å². The van der Waals surface area contributed by atoms with E-state index in [4.69, 9.17) is 9.47 Å². The number of amides is 1. The summed E-state index contributed by atoms with van der Waals surface area (Å²) in [7, 11) is 0. The van der Waals surface area contributed by atoms with E-state index in [1.807, 2.05) is 54.5 Å². The van der Waals surface area contributed by atoms with Gasteiger partial charge in [-0.15, -0.1) is 0 Å². The summed E-state index contributed by atoms with van der Waals surface area (Å²) in [6, 6.07) is -0.0222. The summed E-state index contributed by atoms with van der Waals surface area (Å²) in [4.78, 5) is 21.2. The fourth-order valence-electron chi connectivity index (χ4n) is 3.00. The van der Waals surface area contributed by atoms with Crippen LogP contribution in [0.2, 0.25) is 0 Å². The Morgan fingerprint density at radius 1 is 1.23 bits per heavy atom. The number of aliphatic imine (C=N–C) groups is 1. The van der Waals surface area contributed by atoms with Crippen molar-refractivity contribution >= 4 is 11.9 Å². The van der Waals surface area contributed by atoms with Gasteiger partial charge in [-0.2, -0.15) is 0 Å². The van der Waals surface area contributed by atoms with E-state index in [1.165, 1.54) is 0 Å². The summed E-state index contributed by atoms with van der Waals surface area (Å²) in [5, 5.41) is 0. The standard InChI is InChI=1S/C20H33N3O3/c1-14-11-17(21-12-14)23(18(24)26-20(6,7)8)16-9-10-22(13-16)15(2)25-19(3,4)5/h11,16H,2,9-10,12-13H2,1,3-8H3. The SMILES string of the molecule is C=C(OC(C)(C)C)N1CCC(N(C(=O)OC(C)(C)C)C2=NCC(C)=C2)C1. The molecule has 1 atom stereocenters. The fraction of sp³-hybridized carbons (Fsp3) is 0.700. The molecule has 146 valence electrons. The first kappa shape index (κ1) is 20.3. The Balaban J connectivity index is 2.14. The van der Waals surface area contributed by atoms with Crippen molar-refractivity contribution in [3.63, 3.8) is 0 Å². The lowest BCUT2D eigenvalue weighted by molar-refractivity contribution is 0.00619. The molecule has 0 aromatic heterocycles. The molecular formula is C20H33N3O3. The molecule has 0 radical (unpaired) electrons. The van der Waals surface area contributed by atoms with Crippen LogP contribution in [0.25, 0.3) is 0 Å². The summed E-state index contributed by atoms with van der Waals surface area (Å²) in [6.45, 7) is 19.8. The van der Waals surface area contributed by atoms with Gasteiger partial charge in [-0.25, -0.2) is 4.79 Å². The molecular weight excluding hydrogens is 330 g/mol. The van der Waals surface area contributed by atoms with Crippen LogP contribution >= 0.6 is 0 Å². The Kier molecular flexibility index (Phi) is 5.73. The number of carbonyl (C=O) groups excluding carboxylic acids is 1. The van der Waals surface area contributed by atoms with Crippen LogP contribution in [-0.2, 0) is 9.47 Å². The van der Waals surface area contributed by atoms with Gasteiger partial charge in [-0.05, 0) is 73.1 Å². The number of hydrogen-bond donors (Lipinski definition) is 0. The molecule has 0 bridgehead atoms. The van der Waals surface area contributed by atoms with Gasteiger partial charge >= 0.3 is 6.09 Å². The predicted octanol–water partition coefficient (Wildman–Crippen LogP) is 3.94. The number of ether oxygens (including phenoxy) is 2. The molecule has 0 aromatic rings. The predicted molar refractivity (Wildman–Crippen MR) is 104 cm³/mol. The van der Waals surface area contributed by atoms with Crippen molar-refractivity contribution in [2.75, 3.05) is 19.6 Å². The molecule has 26 heavy (non-hydrogen) atoms. The first-order valence-electron chi connectivity index (χ1n) is 9.22. The van der Waals surface area contributed by atoms with Crippen LogP contribution in [0.5, 0.6) is 0 Å². The van der Waals surface area contributed by atoms with Gasteiger partial charge in [0.2, 0.25) is 0 Å². The molecule has 1 amide bonds. The van der Waals surface area contributed by atoms with E-state index in [-0.39, 0.29) is 17.7 Å². The lowest BCUT2D eigenvalue weighted by atomic mass is 10.2. The zero-order chi connectivity index (χ0) is 19.7. The molecule has 2 heterocycles. The number of amidine groups is 1. The molecule has 6 nitrogen and oxygen atoms in total. The van der Waals surface area contributed by atoms with Crippen molar-refractivity contribution in [3.8, 4) is 0 Å². The molecule has 1 unspecified atom stereocenters. The minimum Gasteiger partial charge on any atom is -0.474 e. The van der Waals surface area contributed by atoms with E-state index >= 15 is 0 Å². The Morgan fingerprint density at radius 2 is 1.85 bits per heavy atom. The average molecular weight is 364 g/mol. The van der Waals surface area contributed by atoms with Crippen LogP contribution in [0.15, 0.2) is 29.1 Å². The monoisotopic (exact) mass is 363 g/mol. The molecule has 0 spiro atoms. The maximum absolute atomic E-state index is 12.9. The van der Waals surface area contributed by atoms with E-state index < -0.39 is 5.60 Å². The lowest BCUT2D eigenvalue weighted by Crippen LogP contribution is -2.47. The number of nitrogens with zero attached hydrogens (tertiary/aromatic N) is 3. The maximum Gasteiger partial charge on any atom is 0.416 e. The molecule has 1 fully saturated rings. The molecule has 0 aliphatic carbocycles. The third kappa shape index (κ3) is 5.51. The molecule has 1 saturated heterocycles. The molecule has 2 aliphatic rings. The Morgan fingerprint density at radius 3 is 2.35 bits per heavy atom. The first-order chi connectivity index (χ1) is 11.9. The van der Waals surface area contributed by atoms with E-state index in [9.17, 15) is 4.79 Å². The quantitative estimate of drug-likeness (QED) is 0.713. The summed E-state index contributed by atoms with van der Waals surface area (Å²) >= 11 is 0. The highest BCUT2D eigenvalue weighted by Gasteiger charge is 2.37. The van der Waals surface area contributed by atoms with Gasteiger partial charge in [0, 0.05) is 13.1 Å². The Bertz CT molecular complexity index is 623. The maximum atomic E-state index is 12.9. The zero-order valence-electron chi connectivity index (χ0n) is 17.3. The zero-order valence-corrected chi connectivity index (χ0v) is 17.3. The number of carbonyl (C=O) groups is 1. The average Bonchev–Trinajstić information content (AvgIpc) is 3.05. The van der Waals surface area contributed by atoms with Gasteiger partial charge in [-0.1, -0.05) is 0 Å². The highest BCUT2D eigenvalue weighted by Crippen LogP contribution is 2.26. The van der Waals surface area contributed by atoms with Gasteiger partial charge in [-0.3, -0.25) is 9.89 Å². The fourth-order valence-corrected chi connectivity index (χ4v) is 3.00. The second kappa shape index (κ2) is 7.33. The minimum absolute atomic E-state index is 0.0222. The molecule has 0 N–H and O–H groups in total. The van der Waals surface area contributed by atoms with Crippen LogP contribution in [0, 0.1) is 0 Å². The molecule has 6 heteroatoms. The van der Waals surface area contributed by atoms with Gasteiger partial charge in [0.1, 0.15) is 17.0 Å². The van der Waals surface area contributed by atoms with Crippen molar-refractivity contribution in [2.24, 2.45) is 4.99 Å². The smallest absolute Gasteiger partial charge is 0.416 e. The third-order valence-corrected chi connectivity index (χ3v) is 4.01. The summed E-state index contributed by atoms with van der Waals surface area (Å²) in [5.41, 5.74) is 0.295. The van der Waals surface area contributed by atoms with Crippen LogP contribution in [0.1, 0.15) is 54.9 Å². The van der Waals surface area contributed by atoms with Gasteiger partial charge in [0.05, 0.1) is 12.6 Å². The van der Waals surface area contributed by atoms with E-state index in [2.05, 4.69) is 16.5 Å². The number of likely N-dealkylation sites (tertiary alicyclic amines) is 1. The van der Waals surface area contributed by atoms with Crippen LogP contribution in [0.4, 0.5) is 4.79 Å². The molecule has 2 rings (SSSR count). The Labute approximate surface area is 157 Å². The third-order valence-electron chi connectivity index (χ3n) is 4.01. The second-order valence-electron chi connectivity index (χ2n) is 9.01. The lowest BCUT2D eigenvalue weighted by Gasteiger charge is -2.32. The van der Waals surface area contributed by atoms with Crippen molar-refractivity contribution < 1.29 is 14.3 Å². The van der Waals surface area contributed by atoms with E-state index in [1.54, 1.807) is 4.90 Å². The Hall–Kier alpha value is -1.98. The second-order valence-corrected chi connectivity index (χ2v) is 9.01. The highest BCUT2D eigenvalue weighted by molar-refractivity contribution is 6.04. The van der Waals surface area contributed by atoms with E-state index in [0.29, 0.717) is 24.8 Å².